The highest BCUT2D eigenvalue weighted by molar-refractivity contribution is 5.92. The van der Waals surface area contributed by atoms with E-state index in [1.165, 1.54) is 0 Å². The number of benzene rings is 1. The van der Waals surface area contributed by atoms with Crippen molar-refractivity contribution in [2.75, 3.05) is 0 Å². The Bertz CT molecular complexity index is 778. The molecule has 22 heavy (non-hydrogen) atoms. The Labute approximate surface area is 127 Å². The average Bonchev–Trinajstić information content (AvgIpc) is 3.25. The number of fused-ring (bicyclic) bond motifs is 1. The number of imidazole rings is 1. The fourth-order valence-corrected chi connectivity index (χ4v) is 2.91. The van der Waals surface area contributed by atoms with Gasteiger partial charge in [0.05, 0.1) is 12.6 Å². The van der Waals surface area contributed by atoms with Gasteiger partial charge in [0, 0.05) is 25.1 Å². The molecule has 0 fully saturated rings. The van der Waals surface area contributed by atoms with Crippen molar-refractivity contribution in [3.8, 4) is 0 Å². The maximum absolute atomic E-state index is 12.8. The van der Waals surface area contributed by atoms with Crippen LogP contribution in [0.3, 0.4) is 0 Å². The molecule has 0 saturated carbocycles. The van der Waals surface area contributed by atoms with E-state index in [1.54, 1.807) is 18.5 Å². The molecular weight excluding hydrogens is 278 g/mol. The van der Waals surface area contributed by atoms with Crippen LogP contribution in [0.2, 0.25) is 0 Å². The molecule has 1 N–H and O–H groups in total. The van der Waals surface area contributed by atoms with Gasteiger partial charge in [0.2, 0.25) is 0 Å². The summed E-state index contributed by atoms with van der Waals surface area (Å²) in [7, 11) is 0. The summed E-state index contributed by atoms with van der Waals surface area (Å²) in [6.45, 7) is 1.20. The van der Waals surface area contributed by atoms with Gasteiger partial charge in [-0.3, -0.25) is 9.89 Å². The molecule has 0 unspecified atom stereocenters. The van der Waals surface area contributed by atoms with Gasteiger partial charge < -0.3 is 9.47 Å². The first kappa shape index (κ1) is 12.8. The SMILES string of the molecule is O=C(c1ccn[nH]1)N1Cc2nccn2C[C@@H]1c1ccccc1. The van der Waals surface area contributed by atoms with E-state index in [-0.39, 0.29) is 11.9 Å². The molecule has 1 aromatic carbocycles. The lowest BCUT2D eigenvalue weighted by atomic mass is 10.0. The molecule has 0 aliphatic carbocycles. The maximum Gasteiger partial charge on any atom is 0.272 e. The number of carbonyl (C=O) groups excluding carboxylic acids is 1. The van der Waals surface area contributed by atoms with Gasteiger partial charge in [-0.05, 0) is 11.6 Å². The summed E-state index contributed by atoms with van der Waals surface area (Å²) < 4.78 is 2.11. The first-order valence-corrected chi connectivity index (χ1v) is 7.18. The first-order chi connectivity index (χ1) is 10.8. The Hall–Kier alpha value is -2.89. The first-order valence-electron chi connectivity index (χ1n) is 7.18. The van der Waals surface area contributed by atoms with Crippen molar-refractivity contribution < 1.29 is 4.79 Å². The quantitative estimate of drug-likeness (QED) is 0.786. The van der Waals surface area contributed by atoms with Gasteiger partial charge in [0.15, 0.2) is 0 Å². The summed E-state index contributed by atoms with van der Waals surface area (Å²) in [5.74, 6) is 0.848. The van der Waals surface area contributed by atoms with Gasteiger partial charge in [-0.1, -0.05) is 30.3 Å². The van der Waals surface area contributed by atoms with Crippen LogP contribution in [0.5, 0.6) is 0 Å². The standard InChI is InChI=1S/C16H15N5O/c22-16(13-6-7-18-19-13)21-11-15-17-8-9-20(15)10-14(21)12-4-2-1-3-5-12/h1-9,14H,10-11H2,(H,18,19)/t14-/m1/s1. The number of hydrogen-bond donors (Lipinski definition) is 1. The third-order valence-electron chi connectivity index (χ3n) is 4.04. The van der Waals surface area contributed by atoms with Crippen molar-refractivity contribution in [1.29, 1.82) is 0 Å². The molecule has 4 rings (SSSR count). The van der Waals surface area contributed by atoms with Gasteiger partial charge in [-0.15, -0.1) is 0 Å². The Kier molecular flexibility index (Phi) is 3.00. The molecular formula is C16H15N5O. The highest BCUT2D eigenvalue weighted by Gasteiger charge is 2.32. The zero-order valence-corrected chi connectivity index (χ0v) is 11.9. The van der Waals surface area contributed by atoms with Crippen molar-refractivity contribution >= 4 is 5.91 Å². The molecule has 6 heteroatoms. The van der Waals surface area contributed by atoms with Crippen molar-refractivity contribution in [3.63, 3.8) is 0 Å². The number of aromatic amines is 1. The highest BCUT2D eigenvalue weighted by atomic mass is 16.2. The molecule has 0 spiro atoms. The van der Waals surface area contributed by atoms with Gasteiger partial charge in [0.25, 0.3) is 5.91 Å². The van der Waals surface area contributed by atoms with Gasteiger partial charge >= 0.3 is 0 Å². The number of H-pyrrole nitrogens is 1. The second kappa shape index (κ2) is 5.14. The third kappa shape index (κ3) is 2.09. The smallest absolute Gasteiger partial charge is 0.272 e. The summed E-state index contributed by atoms with van der Waals surface area (Å²) >= 11 is 0. The topological polar surface area (TPSA) is 66.8 Å². The van der Waals surface area contributed by atoms with Crippen LogP contribution >= 0.6 is 0 Å². The second-order valence-corrected chi connectivity index (χ2v) is 5.33. The summed E-state index contributed by atoms with van der Waals surface area (Å²) in [4.78, 5) is 19.0. The maximum atomic E-state index is 12.8. The number of nitrogens with zero attached hydrogens (tertiary/aromatic N) is 4. The molecule has 0 bridgehead atoms. The summed E-state index contributed by atoms with van der Waals surface area (Å²) in [5.41, 5.74) is 1.62. The van der Waals surface area contributed by atoms with E-state index in [0.717, 1.165) is 11.4 Å². The summed E-state index contributed by atoms with van der Waals surface area (Å²) in [5, 5.41) is 6.63. The van der Waals surface area contributed by atoms with Crippen LogP contribution in [0.1, 0.15) is 27.9 Å². The Balaban J connectivity index is 1.74. The van der Waals surface area contributed by atoms with Crippen molar-refractivity contribution in [3.05, 3.63) is 72.1 Å². The molecule has 1 amide bonds. The van der Waals surface area contributed by atoms with Crippen molar-refractivity contribution in [1.82, 2.24) is 24.6 Å². The van der Waals surface area contributed by atoms with Crippen LogP contribution in [-0.4, -0.2) is 30.6 Å². The lowest BCUT2D eigenvalue weighted by Gasteiger charge is -2.36. The Morgan fingerprint density at radius 3 is 2.82 bits per heavy atom. The minimum absolute atomic E-state index is 0.0151. The van der Waals surface area contributed by atoms with Gasteiger partial charge in [-0.2, -0.15) is 5.10 Å². The molecule has 0 radical (unpaired) electrons. The number of carbonyl (C=O) groups is 1. The predicted molar refractivity (Wildman–Crippen MR) is 79.9 cm³/mol. The number of nitrogens with one attached hydrogen (secondary N) is 1. The molecule has 3 heterocycles. The van der Waals surface area contributed by atoms with Crippen molar-refractivity contribution in [2.24, 2.45) is 0 Å². The molecule has 110 valence electrons. The Morgan fingerprint density at radius 1 is 1.18 bits per heavy atom. The van der Waals surface area contributed by atoms with Crippen LogP contribution < -0.4 is 0 Å². The molecule has 2 aromatic heterocycles. The van der Waals surface area contributed by atoms with E-state index in [0.29, 0.717) is 18.8 Å². The molecule has 3 aromatic rings. The molecule has 0 saturated heterocycles. The minimum Gasteiger partial charge on any atom is -0.331 e. The number of aromatic nitrogens is 4. The van der Waals surface area contributed by atoms with Crippen LogP contribution in [0.25, 0.3) is 0 Å². The fourth-order valence-electron chi connectivity index (χ4n) is 2.91. The average molecular weight is 293 g/mol. The fraction of sp³-hybridized carbons (Fsp3) is 0.188. The predicted octanol–water partition coefficient (Wildman–Crippen LogP) is 2.00. The van der Waals surface area contributed by atoms with Gasteiger partial charge in [0.1, 0.15) is 11.5 Å². The van der Waals surface area contributed by atoms with E-state index < -0.39 is 0 Å². The van der Waals surface area contributed by atoms with E-state index in [2.05, 4.69) is 31.9 Å². The lowest BCUT2D eigenvalue weighted by Crippen LogP contribution is -2.41. The van der Waals surface area contributed by atoms with E-state index >= 15 is 0 Å². The lowest BCUT2D eigenvalue weighted by molar-refractivity contribution is 0.0578. The molecule has 1 aliphatic heterocycles. The highest BCUT2D eigenvalue weighted by Crippen LogP contribution is 2.30. The number of amides is 1. The third-order valence-corrected chi connectivity index (χ3v) is 4.04. The number of hydrogen-bond acceptors (Lipinski definition) is 3. The minimum atomic E-state index is -0.0550. The summed E-state index contributed by atoms with van der Waals surface area (Å²) in [6, 6.07) is 11.8. The molecule has 6 nitrogen and oxygen atoms in total. The molecule has 1 aliphatic rings. The van der Waals surface area contributed by atoms with Crippen LogP contribution in [0.4, 0.5) is 0 Å². The molecule has 1 atom stereocenters. The largest absolute Gasteiger partial charge is 0.331 e. The van der Waals surface area contributed by atoms with E-state index in [4.69, 9.17) is 0 Å². The zero-order chi connectivity index (χ0) is 14.9. The van der Waals surface area contributed by atoms with Crippen LogP contribution in [-0.2, 0) is 13.1 Å². The zero-order valence-electron chi connectivity index (χ0n) is 11.9. The van der Waals surface area contributed by atoms with Crippen molar-refractivity contribution in [2.45, 2.75) is 19.1 Å². The van der Waals surface area contributed by atoms with Crippen LogP contribution in [0.15, 0.2) is 55.0 Å². The van der Waals surface area contributed by atoms with E-state index in [1.807, 2.05) is 29.3 Å². The van der Waals surface area contributed by atoms with Crippen LogP contribution in [0, 0.1) is 0 Å². The normalized spacial score (nSPS) is 17.3. The van der Waals surface area contributed by atoms with Gasteiger partial charge in [-0.25, -0.2) is 4.98 Å². The monoisotopic (exact) mass is 293 g/mol. The number of rotatable bonds is 2. The summed E-state index contributed by atoms with van der Waals surface area (Å²) in [6.07, 6.45) is 5.33. The van der Waals surface area contributed by atoms with E-state index in [9.17, 15) is 4.79 Å². The second-order valence-electron chi connectivity index (χ2n) is 5.33. The Morgan fingerprint density at radius 2 is 2.05 bits per heavy atom.